The van der Waals surface area contributed by atoms with Crippen molar-refractivity contribution in [3.63, 3.8) is 0 Å². The molecule has 0 spiro atoms. The molecule has 1 N–H and O–H groups in total. The molecule has 0 fully saturated rings. The summed E-state index contributed by atoms with van der Waals surface area (Å²) in [7, 11) is 0. The second-order valence-corrected chi connectivity index (χ2v) is 5.84. The van der Waals surface area contributed by atoms with Crippen LogP contribution < -0.4 is 15.7 Å². The van der Waals surface area contributed by atoms with Crippen molar-refractivity contribution < 1.29 is 13.9 Å². The summed E-state index contributed by atoms with van der Waals surface area (Å²) < 4.78 is 10.8. The van der Waals surface area contributed by atoms with Crippen LogP contribution in [0.15, 0.2) is 57.7 Å². The normalized spacial score (nSPS) is 11.6. The minimum Gasteiger partial charge on any atom is -0.481 e. The molecule has 6 heteroatoms. The summed E-state index contributed by atoms with van der Waals surface area (Å²) in [6, 6.07) is 15.1. The zero-order valence-corrected chi connectivity index (χ0v) is 14.3. The van der Waals surface area contributed by atoms with Gasteiger partial charge in [-0.2, -0.15) is 5.26 Å². The fourth-order valence-electron chi connectivity index (χ4n) is 2.51. The van der Waals surface area contributed by atoms with Gasteiger partial charge in [0.2, 0.25) is 0 Å². The first-order valence-electron chi connectivity index (χ1n) is 7.98. The Morgan fingerprint density at radius 3 is 2.62 bits per heavy atom. The molecule has 1 unspecified atom stereocenters. The standard InChI is InChI=1S/C20H16N2O4/c1-12-9-19(23)26-18-10-15(5-8-17(12)18)22-20(24)13(2)25-16-6-3-14(11-21)4-7-16/h3-10,13H,1-2H3,(H,22,24). The number of ether oxygens (including phenoxy) is 1. The summed E-state index contributed by atoms with van der Waals surface area (Å²) in [6.45, 7) is 3.45. The molecular weight excluding hydrogens is 332 g/mol. The molecule has 1 amide bonds. The van der Waals surface area contributed by atoms with Crippen LogP contribution >= 0.6 is 0 Å². The molecule has 6 nitrogen and oxygen atoms in total. The number of anilines is 1. The molecule has 3 aromatic rings. The number of hydrogen-bond donors (Lipinski definition) is 1. The summed E-state index contributed by atoms with van der Waals surface area (Å²) in [5.41, 5.74) is 1.81. The van der Waals surface area contributed by atoms with Gasteiger partial charge in [-0.25, -0.2) is 4.79 Å². The lowest BCUT2D eigenvalue weighted by Gasteiger charge is -2.15. The van der Waals surface area contributed by atoms with Crippen LogP contribution in [0, 0.1) is 18.3 Å². The largest absolute Gasteiger partial charge is 0.481 e. The van der Waals surface area contributed by atoms with Crippen LogP contribution in [0.25, 0.3) is 11.0 Å². The summed E-state index contributed by atoms with van der Waals surface area (Å²) in [5, 5.41) is 12.3. The third-order valence-electron chi connectivity index (χ3n) is 3.88. The van der Waals surface area contributed by atoms with Crippen LogP contribution in [-0.2, 0) is 4.79 Å². The molecule has 1 atom stereocenters. The number of nitrogens with one attached hydrogen (secondary N) is 1. The molecule has 0 saturated heterocycles. The van der Waals surface area contributed by atoms with Gasteiger partial charge in [-0.3, -0.25) is 4.79 Å². The number of aryl methyl sites for hydroxylation is 1. The number of fused-ring (bicyclic) bond motifs is 1. The maximum Gasteiger partial charge on any atom is 0.336 e. The van der Waals surface area contributed by atoms with Crippen LogP contribution in [0.4, 0.5) is 5.69 Å². The number of carbonyl (C=O) groups is 1. The highest BCUT2D eigenvalue weighted by molar-refractivity contribution is 5.96. The molecule has 0 aliphatic carbocycles. The Labute approximate surface area is 149 Å². The summed E-state index contributed by atoms with van der Waals surface area (Å²) in [4.78, 5) is 23.8. The number of benzene rings is 2. The fourth-order valence-corrected chi connectivity index (χ4v) is 2.51. The first-order valence-corrected chi connectivity index (χ1v) is 7.98. The zero-order chi connectivity index (χ0) is 18.7. The molecule has 0 radical (unpaired) electrons. The first-order chi connectivity index (χ1) is 12.5. The molecule has 1 aromatic heterocycles. The van der Waals surface area contributed by atoms with E-state index in [0.29, 0.717) is 22.6 Å². The van der Waals surface area contributed by atoms with Crippen molar-refractivity contribution in [2.24, 2.45) is 0 Å². The molecule has 2 aromatic carbocycles. The molecular formula is C20H16N2O4. The second-order valence-electron chi connectivity index (χ2n) is 5.84. The third-order valence-corrected chi connectivity index (χ3v) is 3.88. The van der Waals surface area contributed by atoms with Gasteiger partial charge in [-0.1, -0.05) is 0 Å². The van der Waals surface area contributed by atoms with Crippen LogP contribution in [0.2, 0.25) is 0 Å². The van der Waals surface area contributed by atoms with Crippen molar-refractivity contribution in [2.75, 3.05) is 5.32 Å². The maximum absolute atomic E-state index is 12.3. The number of nitriles is 1. The molecule has 0 bridgehead atoms. The van der Waals surface area contributed by atoms with E-state index in [1.165, 1.54) is 6.07 Å². The molecule has 130 valence electrons. The molecule has 0 saturated carbocycles. The van der Waals surface area contributed by atoms with Crippen LogP contribution in [0.3, 0.4) is 0 Å². The molecule has 3 rings (SSSR count). The van der Waals surface area contributed by atoms with E-state index in [-0.39, 0.29) is 5.91 Å². The quantitative estimate of drug-likeness (QED) is 0.730. The number of carbonyl (C=O) groups excluding carboxylic acids is 1. The predicted molar refractivity (Wildman–Crippen MR) is 97.1 cm³/mol. The SMILES string of the molecule is Cc1cc(=O)oc2cc(NC(=O)C(C)Oc3ccc(C#N)cc3)ccc12. The molecule has 0 aliphatic rings. The van der Waals surface area contributed by atoms with Gasteiger partial charge in [-0.15, -0.1) is 0 Å². The van der Waals surface area contributed by atoms with Crippen molar-refractivity contribution >= 4 is 22.6 Å². The van der Waals surface area contributed by atoms with Gasteiger partial charge in [-0.05, 0) is 55.8 Å². The van der Waals surface area contributed by atoms with Crippen LogP contribution in [0.5, 0.6) is 5.75 Å². The van der Waals surface area contributed by atoms with E-state index in [0.717, 1.165) is 10.9 Å². The summed E-state index contributed by atoms with van der Waals surface area (Å²) in [5.74, 6) is 0.149. The van der Waals surface area contributed by atoms with E-state index in [4.69, 9.17) is 14.4 Å². The van der Waals surface area contributed by atoms with E-state index in [9.17, 15) is 9.59 Å². The Bertz CT molecular complexity index is 1060. The Morgan fingerprint density at radius 1 is 1.19 bits per heavy atom. The van der Waals surface area contributed by atoms with Gasteiger partial charge < -0.3 is 14.5 Å². The number of hydrogen-bond acceptors (Lipinski definition) is 5. The van der Waals surface area contributed by atoms with Crippen molar-refractivity contribution in [1.29, 1.82) is 5.26 Å². The highest BCUT2D eigenvalue weighted by Crippen LogP contribution is 2.21. The summed E-state index contributed by atoms with van der Waals surface area (Å²) in [6.07, 6.45) is -0.747. The lowest BCUT2D eigenvalue weighted by atomic mass is 10.1. The van der Waals surface area contributed by atoms with Crippen molar-refractivity contribution in [3.05, 3.63) is 70.1 Å². The van der Waals surface area contributed by atoms with E-state index in [1.807, 2.05) is 13.0 Å². The highest BCUT2D eigenvalue weighted by atomic mass is 16.5. The Morgan fingerprint density at radius 2 is 1.92 bits per heavy atom. The van der Waals surface area contributed by atoms with Gasteiger partial charge >= 0.3 is 5.63 Å². The van der Waals surface area contributed by atoms with Crippen molar-refractivity contribution in [2.45, 2.75) is 20.0 Å². The molecule has 1 heterocycles. The van der Waals surface area contributed by atoms with Crippen molar-refractivity contribution in [1.82, 2.24) is 0 Å². The predicted octanol–water partition coefficient (Wildman–Crippen LogP) is 3.38. The minimum atomic E-state index is -0.747. The number of amides is 1. The second kappa shape index (κ2) is 7.11. The van der Waals surface area contributed by atoms with Crippen LogP contribution in [0.1, 0.15) is 18.1 Å². The van der Waals surface area contributed by atoms with E-state index < -0.39 is 11.7 Å². The molecule has 0 aliphatic heterocycles. The molecule has 26 heavy (non-hydrogen) atoms. The van der Waals surface area contributed by atoms with Gasteiger partial charge in [0.1, 0.15) is 11.3 Å². The monoisotopic (exact) mass is 348 g/mol. The Hall–Kier alpha value is -3.59. The van der Waals surface area contributed by atoms with Crippen LogP contribution in [-0.4, -0.2) is 12.0 Å². The minimum absolute atomic E-state index is 0.344. The lowest BCUT2D eigenvalue weighted by molar-refractivity contribution is -0.122. The van der Waals surface area contributed by atoms with Crippen molar-refractivity contribution in [3.8, 4) is 11.8 Å². The topological polar surface area (TPSA) is 92.3 Å². The Kier molecular flexibility index (Phi) is 4.72. The Balaban J connectivity index is 1.73. The van der Waals surface area contributed by atoms with Gasteiger partial charge in [0.25, 0.3) is 5.91 Å². The zero-order valence-electron chi connectivity index (χ0n) is 14.3. The lowest BCUT2D eigenvalue weighted by Crippen LogP contribution is -2.30. The number of nitrogens with zero attached hydrogens (tertiary/aromatic N) is 1. The fraction of sp³-hybridized carbons (Fsp3) is 0.150. The van der Waals surface area contributed by atoms with Gasteiger partial charge in [0, 0.05) is 23.2 Å². The highest BCUT2D eigenvalue weighted by Gasteiger charge is 2.15. The average molecular weight is 348 g/mol. The average Bonchev–Trinajstić information content (AvgIpc) is 2.61. The van der Waals surface area contributed by atoms with E-state index in [1.54, 1.807) is 49.4 Å². The van der Waals surface area contributed by atoms with Gasteiger partial charge in [0.15, 0.2) is 6.10 Å². The first kappa shape index (κ1) is 17.2. The summed E-state index contributed by atoms with van der Waals surface area (Å²) >= 11 is 0. The number of rotatable bonds is 4. The van der Waals surface area contributed by atoms with E-state index in [2.05, 4.69) is 5.32 Å². The third kappa shape index (κ3) is 3.73. The maximum atomic E-state index is 12.3. The van der Waals surface area contributed by atoms with Gasteiger partial charge in [0.05, 0.1) is 11.6 Å². The van der Waals surface area contributed by atoms with E-state index >= 15 is 0 Å². The smallest absolute Gasteiger partial charge is 0.336 e.